The van der Waals surface area contributed by atoms with Crippen LogP contribution < -0.4 is 0 Å². The third kappa shape index (κ3) is 3.81. The van der Waals surface area contributed by atoms with Crippen molar-refractivity contribution in [2.45, 2.75) is 32.2 Å². The minimum Gasteiger partial charge on any atom is -0.381 e. The first kappa shape index (κ1) is 16.1. The Kier molecular flexibility index (Phi) is 4.77. The largest absolute Gasteiger partial charge is 0.381 e. The van der Waals surface area contributed by atoms with Crippen LogP contribution in [-0.4, -0.2) is 56.2 Å². The molecule has 0 bridgehead atoms. The molecule has 3 fully saturated rings. The van der Waals surface area contributed by atoms with Crippen LogP contribution in [0.2, 0.25) is 0 Å². The average molecular weight is 335 g/mol. The van der Waals surface area contributed by atoms with Gasteiger partial charge in [-0.3, -0.25) is 4.90 Å². The molecule has 1 saturated carbocycles. The third-order valence-corrected chi connectivity index (χ3v) is 7.02. The number of ether oxygens (including phenoxy) is 1. The van der Waals surface area contributed by atoms with Gasteiger partial charge in [0, 0.05) is 37.0 Å². The molecule has 1 spiro atoms. The summed E-state index contributed by atoms with van der Waals surface area (Å²) >= 11 is 1.89. The highest BCUT2D eigenvalue weighted by Crippen LogP contribution is 2.44. The molecule has 128 valence electrons. The highest BCUT2D eigenvalue weighted by Gasteiger charge is 2.46. The lowest BCUT2D eigenvalue weighted by Crippen LogP contribution is -2.44. The Morgan fingerprint density at radius 1 is 1.26 bits per heavy atom. The molecule has 0 N–H and O–H groups in total. The molecule has 1 aliphatic carbocycles. The van der Waals surface area contributed by atoms with E-state index in [2.05, 4.69) is 34.4 Å². The van der Waals surface area contributed by atoms with Gasteiger partial charge in [0.25, 0.3) is 0 Å². The van der Waals surface area contributed by atoms with Gasteiger partial charge in [-0.15, -0.1) is 11.3 Å². The van der Waals surface area contributed by atoms with Gasteiger partial charge >= 0.3 is 0 Å². The number of hydrogen-bond acceptors (Lipinski definition) is 4. The number of rotatable bonds is 6. The van der Waals surface area contributed by atoms with E-state index >= 15 is 0 Å². The lowest BCUT2D eigenvalue weighted by Gasteiger charge is -2.42. The van der Waals surface area contributed by atoms with Crippen LogP contribution >= 0.6 is 11.3 Å². The van der Waals surface area contributed by atoms with Crippen molar-refractivity contribution >= 4 is 11.3 Å². The molecule has 0 amide bonds. The maximum absolute atomic E-state index is 6.09. The maximum atomic E-state index is 6.09. The van der Waals surface area contributed by atoms with E-state index in [1.165, 1.54) is 56.7 Å². The Bertz CT molecular complexity index is 491. The zero-order valence-corrected chi connectivity index (χ0v) is 15.2. The van der Waals surface area contributed by atoms with Crippen molar-refractivity contribution < 1.29 is 4.74 Å². The molecule has 1 atom stereocenters. The Morgan fingerprint density at radius 2 is 2.09 bits per heavy atom. The first-order valence-corrected chi connectivity index (χ1v) is 10.1. The van der Waals surface area contributed by atoms with Crippen molar-refractivity contribution in [2.24, 2.45) is 17.3 Å². The molecule has 3 nitrogen and oxygen atoms in total. The summed E-state index contributed by atoms with van der Waals surface area (Å²) in [6.07, 6.45) is 5.49. The van der Waals surface area contributed by atoms with Crippen LogP contribution in [0.1, 0.15) is 30.6 Å². The summed E-state index contributed by atoms with van der Waals surface area (Å²) in [4.78, 5) is 6.70. The molecule has 0 radical (unpaired) electrons. The van der Waals surface area contributed by atoms with E-state index in [-0.39, 0.29) is 0 Å². The third-order valence-electron chi connectivity index (χ3n) is 6.16. The number of piperidine rings is 1. The summed E-state index contributed by atoms with van der Waals surface area (Å²) in [7, 11) is 2.29. The fraction of sp³-hybridized carbons (Fsp3) is 0.789. The van der Waals surface area contributed by atoms with Gasteiger partial charge in [0.15, 0.2) is 0 Å². The molecule has 1 aromatic rings. The van der Waals surface area contributed by atoms with Gasteiger partial charge < -0.3 is 9.64 Å². The summed E-state index contributed by atoms with van der Waals surface area (Å²) in [5.41, 5.74) is 0.518. The predicted octanol–water partition coefficient (Wildman–Crippen LogP) is 3.32. The SMILES string of the molecule is CN1C[C@@H](COCC2CC2)C2(CCN(Cc3cccs3)CC2)C1. The van der Waals surface area contributed by atoms with Crippen LogP contribution in [0.5, 0.6) is 0 Å². The molecule has 4 rings (SSSR count). The van der Waals surface area contributed by atoms with Crippen molar-refractivity contribution in [3.05, 3.63) is 22.4 Å². The van der Waals surface area contributed by atoms with Gasteiger partial charge in [0.1, 0.15) is 0 Å². The van der Waals surface area contributed by atoms with Gasteiger partial charge in [-0.2, -0.15) is 0 Å². The molecular weight excluding hydrogens is 304 g/mol. The van der Waals surface area contributed by atoms with E-state index in [1.54, 1.807) is 0 Å². The monoisotopic (exact) mass is 334 g/mol. The van der Waals surface area contributed by atoms with E-state index in [4.69, 9.17) is 4.74 Å². The Hall–Kier alpha value is -0.420. The summed E-state index contributed by atoms with van der Waals surface area (Å²) in [5.74, 6) is 1.63. The Labute approximate surface area is 144 Å². The highest BCUT2D eigenvalue weighted by molar-refractivity contribution is 7.09. The standard InChI is InChI=1S/C19H30N2OS/c1-20-11-17(14-22-13-16-4-5-16)19(15-20)6-8-21(9-7-19)12-18-3-2-10-23-18/h2-3,10,16-17H,4-9,11-15H2,1H3/t17-/m0/s1. The van der Waals surface area contributed by atoms with Crippen LogP contribution in [0.15, 0.2) is 17.5 Å². The van der Waals surface area contributed by atoms with E-state index in [0.717, 1.165) is 31.6 Å². The zero-order chi connectivity index (χ0) is 15.7. The molecule has 1 aromatic heterocycles. The van der Waals surface area contributed by atoms with Gasteiger partial charge in [-0.25, -0.2) is 0 Å². The molecule has 3 heterocycles. The van der Waals surface area contributed by atoms with E-state index < -0.39 is 0 Å². The number of nitrogens with zero attached hydrogens (tertiary/aromatic N) is 2. The van der Waals surface area contributed by atoms with Gasteiger partial charge in [-0.05, 0) is 68.6 Å². The van der Waals surface area contributed by atoms with Crippen LogP contribution in [0.3, 0.4) is 0 Å². The maximum Gasteiger partial charge on any atom is 0.0512 e. The second-order valence-electron chi connectivity index (χ2n) is 8.09. The second-order valence-corrected chi connectivity index (χ2v) is 9.12. The lowest BCUT2D eigenvalue weighted by atomic mass is 9.71. The molecule has 3 aliphatic rings. The molecular formula is C19H30N2OS. The summed E-state index contributed by atoms with van der Waals surface area (Å²) in [6, 6.07) is 4.44. The fourth-order valence-electron chi connectivity index (χ4n) is 4.54. The lowest BCUT2D eigenvalue weighted by molar-refractivity contribution is 0.0169. The van der Waals surface area contributed by atoms with Gasteiger partial charge in [0.2, 0.25) is 0 Å². The number of thiophene rings is 1. The minimum absolute atomic E-state index is 0.518. The van der Waals surface area contributed by atoms with Crippen molar-refractivity contribution in [1.29, 1.82) is 0 Å². The van der Waals surface area contributed by atoms with Gasteiger partial charge in [0.05, 0.1) is 6.61 Å². The van der Waals surface area contributed by atoms with Crippen LogP contribution in [0, 0.1) is 17.3 Å². The first-order valence-electron chi connectivity index (χ1n) is 9.25. The fourth-order valence-corrected chi connectivity index (χ4v) is 5.28. The normalized spacial score (nSPS) is 28.7. The van der Waals surface area contributed by atoms with Crippen molar-refractivity contribution in [1.82, 2.24) is 9.80 Å². The van der Waals surface area contributed by atoms with Crippen LogP contribution in [0.25, 0.3) is 0 Å². The van der Waals surface area contributed by atoms with E-state index in [1.807, 2.05) is 11.3 Å². The average Bonchev–Trinajstić information content (AvgIpc) is 3.12. The highest BCUT2D eigenvalue weighted by atomic mass is 32.1. The number of likely N-dealkylation sites (tertiary alicyclic amines) is 2. The molecule has 0 unspecified atom stereocenters. The summed E-state index contributed by atoms with van der Waals surface area (Å²) < 4.78 is 6.09. The number of hydrogen-bond donors (Lipinski definition) is 0. The van der Waals surface area contributed by atoms with Crippen LogP contribution in [0.4, 0.5) is 0 Å². The Balaban J connectivity index is 1.31. The molecule has 2 aliphatic heterocycles. The quantitative estimate of drug-likeness (QED) is 0.794. The summed E-state index contributed by atoms with van der Waals surface area (Å²) in [6.45, 7) is 8.17. The molecule has 23 heavy (non-hydrogen) atoms. The predicted molar refractivity (Wildman–Crippen MR) is 95.8 cm³/mol. The minimum atomic E-state index is 0.518. The topological polar surface area (TPSA) is 15.7 Å². The smallest absolute Gasteiger partial charge is 0.0512 e. The summed E-state index contributed by atoms with van der Waals surface area (Å²) in [5, 5.41) is 2.19. The van der Waals surface area contributed by atoms with Gasteiger partial charge in [-0.1, -0.05) is 6.07 Å². The van der Waals surface area contributed by atoms with Crippen LogP contribution in [-0.2, 0) is 11.3 Å². The Morgan fingerprint density at radius 3 is 2.78 bits per heavy atom. The van der Waals surface area contributed by atoms with Crippen molar-refractivity contribution in [2.75, 3.05) is 46.4 Å². The van der Waals surface area contributed by atoms with E-state index in [9.17, 15) is 0 Å². The van der Waals surface area contributed by atoms with Crippen molar-refractivity contribution in [3.8, 4) is 0 Å². The molecule has 2 saturated heterocycles. The molecule has 4 heteroatoms. The zero-order valence-electron chi connectivity index (χ0n) is 14.4. The second kappa shape index (κ2) is 6.83. The first-order chi connectivity index (χ1) is 11.2. The van der Waals surface area contributed by atoms with E-state index in [0.29, 0.717) is 5.41 Å². The van der Waals surface area contributed by atoms with Crippen molar-refractivity contribution in [3.63, 3.8) is 0 Å². The molecule has 0 aromatic carbocycles.